The van der Waals surface area contributed by atoms with Gasteiger partial charge in [0.15, 0.2) is 5.41 Å². The SMILES string of the molecule is COC(=O)C12C=C(c3ccc(OC)cc3)OC(c3ccccc3)=C1CC(C(=O)OC)(C(=O)OC)C2. The van der Waals surface area contributed by atoms with E-state index in [4.69, 9.17) is 23.7 Å². The minimum absolute atomic E-state index is 0.127. The van der Waals surface area contributed by atoms with Gasteiger partial charge in [0.05, 0.1) is 28.4 Å². The molecule has 1 unspecified atom stereocenters. The summed E-state index contributed by atoms with van der Waals surface area (Å²) in [6.07, 6.45) is 1.27. The number of benzene rings is 2. The van der Waals surface area contributed by atoms with E-state index in [9.17, 15) is 14.4 Å². The Morgan fingerprint density at radius 3 is 1.91 bits per heavy atom. The van der Waals surface area contributed by atoms with Crippen LogP contribution < -0.4 is 4.74 Å². The van der Waals surface area contributed by atoms with Crippen molar-refractivity contribution in [1.29, 1.82) is 0 Å². The summed E-state index contributed by atoms with van der Waals surface area (Å²) in [5, 5.41) is 0. The van der Waals surface area contributed by atoms with Gasteiger partial charge in [0.1, 0.15) is 22.7 Å². The summed E-state index contributed by atoms with van der Waals surface area (Å²) in [6, 6.07) is 16.3. The highest BCUT2D eigenvalue weighted by molar-refractivity contribution is 6.05. The topological polar surface area (TPSA) is 97.4 Å². The fourth-order valence-electron chi connectivity index (χ4n) is 4.87. The zero-order chi connectivity index (χ0) is 25.2. The Labute approximate surface area is 203 Å². The van der Waals surface area contributed by atoms with Crippen molar-refractivity contribution >= 4 is 29.4 Å². The summed E-state index contributed by atoms with van der Waals surface area (Å²) in [5.74, 6) is -0.790. The van der Waals surface area contributed by atoms with Crippen LogP contribution in [-0.4, -0.2) is 46.3 Å². The Morgan fingerprint density at radius 1 is 0.771 bits per heavy atom. The first-order valence-corrected chi connectivity index (χ1v) is 10.9. The van der Waals surface area contributed by atoms with Crippen molar-refractivity contribution in [2.75, 3.05) is 28.4 Å². The summed E-state index contributed by atoms with van der Waals surface area (Å²) < 4.78 is 26.9. The zero-order valence-electron chi connectivity index (χ0n) is 20.0. The van der Waals surface area contributed by atoms with Crippen molar-refractivity contribution in [3.8, 4) is 5.75 Å². The molecular weight excluding hydrogens is 452 g/mol. The van der Waals surface area contributed by atoms with Crippen molar-refractivity contribution in [3.63, 3.8) is 0 Å². The Morgan fingerprint density at radius 2 is 1.37 bits per heavy atom. The molecule has 1 fully saturated rings. The molecule has 0 spiro atoms. The monoisotopic (exact) mass is 478 g/mol. The summed E-state index contributed by atoms with van der Waals surface area (Å²) in [6.45, 7) is 0. The molecule has 182 valence electrons. The normalized spacial score (nSPS) is 20.2. The number of hydrogen-bond donors (Lipinski definition) is 0. The van der Waals surface area contributed by atoms with Gasteiger partial charge in [0, 0.05) is 17.5 Å². The van der Waals surface area contributed by atoms with Gasteiger partial charge < -0.3 is 23.7 Å². The Hall–Kier alpha value is -4.07. The molecule has 0 amide bonds. The van der Waals surface area contributed by atoms with Gasteiger partial charge in [-0.2, -0.15) is 0 Å². The van der Waals surface area contributed by atoms with E-state index in [1.807, 2.05) is 30.3 Å². The number of rotatable bonds is 6. The second-order valence-corrected chi connectivity index (χ2v) is 8.39. The van der Waals surface area contributed by atoms with Crippen LogP contribution in [0.3, 0.4) is 0 Å². The number of esters is 3. The molecule has 1 atom stereocenters. The van der Waals surface area contributed by atoms with Gasteiger partial charge in [-0.05, 0) is 42.3 Å². The van der Waals surface area contributed by atoms with Gasteiger partial charge >= 0.3 is 17.9 Å². The molecule has 2 aromatic rings. The van der Waals surface area contributed by atoms with E-state index in [1.165, 1.54) is 21.3 Å². The van der Waals surface area contributed by atoms with Crippen LogP contribution in [0.4, 0.5) is 0 Å². The van der Waals surface area contributed by atoms with Crippen molar-refractivity contribution in [1.82, 2.24) is 0 Å². The molecule has 8 heteroatoms. The van der Waals surface area contributed by atoms with E-state index in [0.29, 0.717) is 34.0 Å². The molecule has 2 aliphatic rings. The first-order chi connectivity index (χ1) is 16.8. The summed E-state index contributed by atoms with van der Waals surface area (Å²) in [7, 11) is 5.23. The number of hydrogen-bond acceptors (Lipinski definition) is 8. The average Bonchev–Trinajstić information content (AvgIpc) is 3.29. The molecule has 0 radical (unpaired) electrons. The highest BCUT2D eigenvalue weighted by Gasteiger charge is 2.66. The van der Waals surface area contributed by atoms with Crippen molar-refractivity contribution in [2.24, 2.45) is 10.8 Å². The molecule has 1 aliphatic heterocycles. The molecule has 0 aromatic heterocycles. The molecule has 1 saturated carbocycles. The van der Waals surface area contributed by atoms with Gasteiger partial charge in [-0.3, -0.25) is 14.4 Å². The smallest absolute Gasteiger partial charge is 0.323 e. The molecule has 4 rings (SSSR count). The van der Waals surface area contributed by atoms with E-state index in [2.05, 4.69) is 0 Å². The van der Waals surface area contributed by atoms with Crippen molar-refractivity contribution in [3.05, 3.63) is 77.4 Å². The first-order valence-electron chi connectivity index (χ1n) is 10.9. The summed E-state index contributed by atoms with van der Waals surface area (Å²) >= 11 is 0. The summed E-state index contributed by atoms with van der Waals surface area (Å²) in [4.78, 5) is 39.5. The van der Waals surface area contributed by atoms with Crippen LogP contribution in [0, 0.1) is 10.8 Å². The summed E-state index contributed by atoms with van der Waals surface area (Å²) in [5.41, 5.74) is -1.41. The zero-order valence-corrected chi connectivity index (χ0v) is 20.0. The number of fused-ring (bicyclic) bond motifs is 1. The van der Waals surface area contributed by atoms with Crippen LogP contribution in [0.2, 0.25) is 0 Å². The van der Waals surface area contributed by atoms with Crippen LogP contribution >= 0.6 is 0 Å². The molecular formula is C27H26O8. The maximum absolute atomic E-state index is 13.5. The average molecular weight is 478 g/mol. The van der Waals surface area contributed by atoms with Crippen LogP contribution in [0.5, 0.6) is 5.75 Å². The van der Waals surface area contributed by atoms with Crippen LogP contribution in [0.15, 0.2) is 66.2 Å². The minimum atomic E-state index is -1.75. The Kier molecular flexibility index (Phi) is 6.39. The van der Waals surface area contributed by atoms with E-state index < -0.39 is 28.7 Å². The Balaban J connectivity index is 2.00. The highest BCUT2D eigenvalue weighted by Crippen LogP contribution is 2.60. The molecule has 35 heavy (non-hydrogen) atoms. The number of methoxy groups -OCH3 is 4. The van der Waals surface area contributed by atoms with Crippen LogP contribution in [0.1, 0.15) is 24.0 Å². The number of carbonyl (C=O) groups is 3. The second-order valence-electron chi connectivity index (χ2n) is 8.39. The first kappa shape index (κ1) is 24.1. The lowest BCUT2D eigenvalue weighted by Gasteiger charge is -2.32. The maximum atomic E-state index is 13.5. The molecule has 0 N–H and O–H groups in total. The quantitative estimate of drug-likeness (QED) is 0.352. The standard InChI is InChI=1S/C27H26O8/c1-31-19-12-10-17(11-13-19)21-15-26(23(28)32-2)16-27(24(29)33-3,25(30)34-4)14-20(26)22(35-21)18-8-6-5-7-9-18/h5-13,15H,14,16H2,1-4H3. The van der Waals surface area contributed by atoms with Gasteiger partial charge in [-0.15, -0.1) is 0 Å². The lowest BCUT2D eigenvalue weighted by Crippen LogP contribution is -2.41. The molecule has 2 aromatic carbocycles. The van der Waals surface area contributed by atoms with Gasteiger partial charge in [0.25, 0.3) is 0 Å². The van der Waals surface area contributed by atoms with Crippen LogP contribution in [-0.2, 0) is 33.3 Å². The molecule has 1 heterocycles. The fraction of sp³-hybridized carbons (Fsp3) is 0.296. The van der Waals surface area contributed by atoms with Crippen LogP contribution in [0.25, 0.3) is 11.5 Å². The number of ether oxygens (including phenoxy) is 5. The van der Waals surface area contributed by atoms with Gasteiger partial charge in [-0.25, -0.2) is 0 Å². The highest BCUT2D eigenvalue weighted by atomic mass is 16.5. The lowest BCUT2D eigenvalue weighted by atomic mass is 9.76. The third-order valence-electron chi connectivity index (χ3n) is 6.57. The second kappa shape index (κ2) is 9.29. The minimum Gasteiger partial charge on any atom is -0.497 e. The molecule has 0 bridgehead atoms. The fourth-order valence-corrected chi connectivity index (χ4v) is 4.87. The van der Waals surface area contributed by atoms with Crippen molar-refractivity contribution in [2.45, 2.75) is 12.8 Å². The Bertz CT molecular complexity index is 1190. The largest absolute Gasteiger partial charge is 0.497 e. The van der Waals surface area contributed by atoms with E-state index >= 15 is 0 Å². The third-order valence-corrected chi connectivity index (χ3v) is 6.57. The molecule has 1 aliphatic carbocycles. The van der Waals surface area contributed by atoms with E-state index in [0.717, 1.165) is 0 Å². The third kappa shape index (κ3) is 3.84. The molecule has 8 nitrogen and oxygen atoms in total. The maximum Gasteiger partial charge on any atom is 0.323 e. The predicted octanol–water partition coefficient (Wildman–Crippen LogP) is 3.76. The van der Waals surface area contributed by atoms with Crippen molar-refractivity contribution < 1.29 is 38.1 Å². The predicted molar refractivity (Wildman–Crippen MR) is 126 cm³/mol. The number of carbonyl (C=O) groups excluding carboxylic acids is 3. The van der Waals surface area contributed by atoms with E-state index in [1.54, 1.807) is 37.5 Å². The van der Waals surface area contributed by atoms with E-state index in [-0.39, 0.29) is 12.8 Å². The van der Waals surface area contributed by atoms with Gasteiger partial charge in [0.2, 0.25) is 0 Å². The lowest BCUT2D eigenvalue weighted by molar-refractivity contribution is -0.169. The molecule has 0 saturated heterocycles. The van der Waals surface area contributed by atoms with Gasteiger partial charge in [-0.1, -0.05) is 30.3 Å².